The van der Waals surface area contributed by atoms with Crippen LogP contribution in [0.4, 0.5) is 0 Å². The molecule has 0 saturated heterocycles. The lowest BCUT2D eigenvalue weighted by atomic mass is 9.81. The third-order valence-corrected chi connectivity index (χ3v) is 6.20. The Morgan fingerprint density at radius 1 is 1.06 bits per heavy atom. The number of ether oxygens (including phenoxy) is 3. The number of aliphatic hydroxyl groups is 1. The summed E-state index contributed by atoms with van der Waals surface area (Å²) >= 11 is 0. The first-order valence-corrected chi connectivity index (χ1v) is 10.1. The van der Waals surface area contributed by atoms with Gasteiger partial charge in [-0.15, -0.1) is 0 Å². The fourth-order valence-corrected chi connectivity index (χ4v) is 4.87. The van der Waals surface area contributed by atoms with Gasteiger partial charge in [-0.1, -0.05) is 20.8 Å². The molecule has 158 valence electrons. The average molecular weight is 420 g/mol. The molecule has 2 aromatic heterocycles. The molecule has 5 heterocycles. The molecule has 0 spiro atoms. The van der Waals surface area contributed by atoms with Crippen LogP contribution in [0.2, 0.25) is 0 Å². The van der Waals surface area contributed by atoms with Gasteiger partial charge in [-0.05, 0) is 23.1 Å². The fraction of sp³-hybridized carbons (Fsp3) is 0.348. The lowest BCUT2D eigenvalue weighted by molar-refractivity contribution is -0.157. The smallest absolute Gasteiger partial charge is 0.340 e. The number of esters is 1. The summed E-state index contributed by atoms with van der Waals surface area (Å²) in [6, 6.07) is 5.52. The summed E-state index contributed by atoms with van der Waals surface area (Å²) in [5.74, 6) is 0.574. The van der Waals surface area contributed by atoms with Crippen molar-refractivity contribution in [1.82, 2.24) is 9.55 Å². The summed E-state index contributed by atoms with van der Waals surface area (Å²) in [4.78, 5) is 30.0. The van der Waals surface area contributed by atoms with Gasteiger partial charge in [-0.2, -0.15) is 0 Å². The number of pyridine rings is 2. The maximum atomic E-state index is 13.2. The quantitative estimate of drug-likeness (QED) is 0.437. The zero-order valence-electron chi connectivity index (χ0n) is 17.3. The van der Waals surface area contributed by atoms with E-state index in [4.69, 9.17) is 19.2 Å². The standard InChI is InChI=1S/C23H20N2O6/c1-23(2,3)18-11-5-16-17(31-9-30-16)6-14(11)24-19-12(18)7-25-15(19)4-10-13(21(25)27)8-29-22(28)20(10)26/h4-6,20,26H,7-9H2,1-3H3. The topological polar surface area (TPSA) is 99.9 Å². The molecule has 0 amide bonds. The molecule has 31 heavy (non-hydrogen) atoms. The van der Waals surface area contributed by atoms with Crippen LogP contribution in [0, 0.1) is 0 Å². The first-order chi connectivity index (χ1) is 14.7. The molecule has 6 rings (SSSR count). The van der Waals surface area contributed by atoms with Crippen molar-refractivity contribution in [3.63, 3.8) is 0 Å². The molecule has 0 bridgehead atoms. The molecule has 1 unspecified atom stereocenters. The number of benzene rings is 1. The minimum Gasteiger partial charge on any atom is -0.458 e. The van der Waals surface area contributed by atoms with Crippen molar-refractivity contribution in [3.8, 4) is 22.9 Å². The van der Waals surface area contributed by atoms with Gasteiger partial charge in [0.15, 0.2) is 17.6 Å². The summed E-state index contributed by atoms with van der Waals surface area (Å²) in [5.41, 5.74) is 4.17. The van der Waals surface area contributed by atoms with Gasteiger partial charge in [0.25, 0.3) is 5.56 Å². The minimum absolute atomic E-state index is 0.135. The number of fused-ring (bicyclic) bond motifs is 6. The highest BCUT2D eigenvalue weighted by Gasteiger charge is 2.36. The highest BCUT2D eigenvalue weighted by molar-refractivity contribution is 5.92. The molecule has 8 nitrogen and oxygen atoms in total. The second-order valence-electron chi connectivity index (χ2n) is 9.15. The zero-order chi connectivity index (χ0) is 21.7. The van der Waals surface area contributed by atoms with Crippen LogP contribution in [0.5, 0.6) is 11.5 Å². The van der Waals surface area contributed by atoms with Crippen LogP contribution in [-0.2, 0) is 28.1 Å². The summed E-state index contributed by atoms with van der Waals surface area (Å²) in [5, 5.41) is 11.3. The number of carbonyl (C=O) groups excluding carboxylic acids is 1. The van der Waals surface area contributed by atoms with Crippen molar-refractivity contribution >= 4 is 16.9 Å². The second-order valence-corrected chi connectivity index (χ2v) is 9.15. The van der Waals surface area contributed by atoms with Crippen LogP contribution < -0.4 is 15.0 Å². The van der Waals surface area contributed by atoms with Crippen LogP contribution in [0.25, 0.3) is 22.3 Å². The van der Waals surface area contributed by atoms with E-state index in [-0.39, 0.29) is 24.4 Å². The van der Waals surface area contributed by atoms with Gasteiger partial charge < -0.3 is 23.9 Å². The van der Waals surface area contributed by atoms with E-state index in [2.05, 4.69) is 20.8 Å². The molecule has 3 aromatic rings. The highest BCUT2D eigenvalue weighted by Crippen LogP contribution is 2.45. The number of cyclic esters (lactones) is 1. The van der Waals surface area contributed by atoms with Crippen molar-refractivity contribution in [2.24, 2.45) is 0 Å². The SMILES string of the molecule is CC(C)(C)c1c2c(nc3cc4c(cc13)OCO4)-c1cc3c(c(=O)n1C2)COC(=O)C3O. The summed E-state index contributed by atoms with van der Waals surface area (Å²) in [6.07, 6.45) is -1.47. The lowest BCUT2D eigenvalue weighted by Gasteiger charge is -2.24. The van der Waals surface area contributed by atoms with E-state index in [1.54, 1.807) is 10.6 Å². The predicted octanol–water partition coefficient (Wildman–Crippen LogP) is 2.54. The average Bonchev–Trinajstić information content (AvgIpc) is 3.31. The van der Waals surface area contributed by atoms with Crippen LogP contribution >= 0.6 is 0 Å². The summed E-state index contributed by atoms with van der Waals surface area (Å²) in [7, 11) is 0. The minimum atomic E-state index is -1.47. The Kier molecular flexibility index (Phi) is 3.47. The number of hydrogen-bond acceptors (Lipinski definition) is 7. The second kappa shape index (κ2) is 5.85. The van der Waals surface area contributed by atoms with Crippen LogP contribution in [0.15, 0.2) is 23.0 Å². The van der Waals surface area contributed by atoms with Gasteiger partial charge in [0.2, 0.25) is 6.79 Å². The van der Waals surface area contributed by atoms with E-state index in [1.807, 2.05) is 12.1 Å². The first-order valence-electron chi connectivity index (χ1n) is 10.1. The van der Waals surface area contributed by atoms with E-state index < -0.39 is 12.1 Å². The van der Waals surface area contributed by atoms with Crippen LogP contribution in [0.3, 0.4) is 0 Å². The number of aliphatic hydroxyl groups excluding tert-OH is 1. The molecule has 3 aliphatic heterocycles. The van der Waals surface area contributed by atoms with E-state index in [0.29, 0.717) is 40.6 Å². The van der Waals surface area contributed by atoms with Gasteiger partial charge in [0.05, 0.1) is 29.0 Å². The maximum absolute atomic E-state index is 13.2. The van der Waals surface area contributed by atoms with Crippen molar-refractivity contribution in [2.75, 3.05) is 6.79 Å². The molecule has 0 radical (unpaired) electrons. The zero-order valence-corrected chi connectivity index (χ0v) is 17.3. The Morgan fingerprint density at radius 3 is 2.55 bits per heavy atom. The third-order valence-electron chi connectivity index (χ3n) is 6.20. The van der Waals surface area contributed by atoms with Crippen LogP contribution in [0.1, 0.15) is 49.1 Å². The Morgan fingerprint density at radius 2 is 1.81 bits per heavy atom. The number of hydrogen-bond donors (Lipinski definition) is 1. The third kappa shape index (κ3) is 2.42. The molecular formula is C23H20N2O6. The molecule has 8 heteroatoms. The molecule has 0 fully saturated rings. The molecule has 0 aliphatic carbocycles. The van der Waals surface area contributed by atoms with E-state index in [1.165, 1.54) is 0 Å². The van der Waals surface area contributed by atoms with Gasteiger partial charge in [-0.3, -0.25) is 4.79 Å². The molecule has 1 N–H and O–H groups in total. The maximum Gasteiger partial charge on any atom is 0.340 e. The van der Waals surface area contributed by atoms with E-state index in [0.717, 1.165) is 22.0 Å². The van der Waals surface area contributed by atoms with Crippen molar-refractivity contribution in [3.05, 3.63) is 50.8 Å². The van der Waals surface area contributed by atoms with Gasteiger partial charge >= 0.3 is 5.97 Å². The van der Waals surface area contributed by atoms with E-state index >= 15 is 0 Å². The predicted molar refractivity (Wildman–Crippen MR) is 110 cm³/mol. The summed E-state index contributed by atoms with van der Waals surface area (Å²) in [6.45, 7) is 6.78. The number of carbonyl (C=O) groups is 1. The molecule has 3 aliphatic rings. The summed E-state index contributed by atoms with van der Waals surface area (Å²) < 4.78 is 17.7. The number of nitrogens with zero attached hydrogens (tertiary/aromatic N) is 2. The molecular weight excluding hydrogens is 400 g/mol. The number of rotatable bonds is 0. The Labute approximate surface area is 177 Å². The molecule has 1 aromatic carbocycles. The van der Waals surface area contributed by atoms with Crippen molar-refractivity contribution < 1.29 is 24.1 Å². The normalized spacial score (nSPS) is 18.6. The van der Waals surface area contributed by atoms with E-state index in [9.17, 15) is 14.7 Å². The van der Waals surface area contributed by atoms with Crippen molar-refractivity contribution in [1.29, 1.82) is 0 Å². The van der Waals surface area contributed by atoms with Crippen molar-refractivity contribution in [2.45, 2.75) is 45.4 Å². The molecule has 1 atom stereocenters. The van der Waals surface area contributed by atoms with Gasteiger partial charge in [0.1, 0.15) is 6.61 Å². The highest BCUT2D eigenvalue weighted by atomic mass is 16.7. The number of aromatic nitrogens is 2. The monoisotopic (exact) mass is 420 g/mol. The van der Waals surface area contributed by atoms with Crippen LogP contribution in [-0.4, -0.2) is 27.4 Å². The Hall–Kier alpha value is -3.39. The Balaban J connectivity index is 1.68. The lowest BCUT2D eigenvalue weighted by Crippen LogP contribution is -2.32. The van der Waals surface area contributed by atoms with Gasteiger partial charge in [-0.25, -0.2) is 9.78 Å². The fourth-order valence-electron chi connectivity index (χ4n) is 4.87. The first kappa shape index (κ1) is 18.4. The Bertz CT molecular complexity index is 1380. The van der Waals surface area contributed by atoms with Gasteiger partial charge in [0, 0.05) is 22.6 Å². The largest absolute Gasteiger partial charge is 0.458 e. The molecule has 0 saturated carbocycles.